The molecule has 2 unspecified atom stereocenters. The minimum Gasteiger partial charge on any atom is -0.393 e. The Kier molecular flexibility index (Phi) is 4.82. The second-order valence-electron chi connectivity index (χ2n) is 5.19. The molecule has 19 heavy (non-hydrogen) atoms. The molecule has 0 aromatic carbocycles. The smallest absolute Gasteiger partial charge is 0.229 e. The lowest BCUT2D eigenvalue weighted by Crippen LogP contribution is -2.33. The maximum Gasteiger partial charge on any atom is 0.229 e. The number of rotatable bonds is 4. The number of amides is 1. The van der Waals surface area contributed by atoms with Crippen LogP contribution >= 0.6 is 11.6 Å². The fourth-order valence-electron chi connectivity index (χ4n) is 2.49. The average molecular weight is 287 g/mol. The van der Waals surface area contributed by atoms with Gasteiger partial charge in [0, 0.05) is 12.1 Å². The number of nitrogens with one attached hydrogen (secondary N) is 1. The summed E-state index contributed by atoms with van der Waals surface area (Å²) in [6.45, 7) is 2.37. The number of aromatic nitrogens is 1. The van der Waals surface area contributed by atoms with Crippen molar-refractivity contribution in [2.75, 3.05) is 6.54 Å². The first-order valence-corrected chi connectivity index (χ1v) is 6.99. The van der Waals surface area contributed by atoms with Gasteiger partial charge in [0.2, 0.25) is 11.1 Å². The van der Waals surface area contributed by atoms with Crippen molar-refractivity contribution in [1.29, 1.82) is 0 Å². The van der Waals surface area contributed by atoms with Gasteiger partial charge in [-0.2, -0.15) is 0 Å². The highest BCUT2D eigenvalue weighted by Crippen LogP contribution is 2.23. The molecule has 0 aliphatic heterocycles. The van der Waals surface area contributed by atoms with Crippen LogP contribution in [-0.2, 0) is 11.2 Å². The summed E-state index contributed by atoms with van der Waals surface area (Å²) in [5.41, 5.74) is 1.29. The first-order chi connectivity index (χ1) is 9.06. The fraction of sp³-hybridized carbons (Fsp3) is 0.692. The zero-order chi connectivity index (χ0) is 13.8. The van der Waals surface area contributed by atoms with E-state index >= 15 is 0 Å². The Labute approximate surface area is 117 Å². The van der Waals surface area contributed by atoms with Gasteiger partial charge in [0.1, 0.15) is 0 Å². The third-order valence-corrected chi connectivity index (χ3v) is 3.91. The van der Waals surface area contributed by atoms with Crippen LogP contribution < -0.4 is 5.32 Å². The summed E-state index contributed by atoms with van der Waals surface area (Å²) < 4.78 is 4.81. The molecule has 2 N–H and O–H groups in total. The van der Waals surface area contributed by atoms with Crippen molar-refractivity contribution in [2.24, 2.45) is 5.92 Å². The van der Waals surface area contributed by atoms with Gasteiger partial charge < -0.3 is 14.9 Å². The van der Waals surface area contributed by atoms with Gasteiger partial charge in [-0.25, -0.2) is 0 Å². The number of carbonyl (C=O) groups excluding carboxylic acids is 1. The number of aliphatic hydroxyl groups is 1. The number of carbonyl (C=O) groups is 1. The highest BCUT2D eigenvalue weighted by Gasteiger charge is 2.21. The van der Waals surface area contributed by atoms with Crippen LogP contribution in [0.25, 0.3) is 0 Å². The summed E-state index contributed by atoms with van der Waals surface area (Å²) in [6, 6.07) is 0. The molecule has 1 aliphatic rings. The highest BCUT2D eigenvalue weighted by atomic mass is 35.5. The number of nitrogens with zero attached hydrogens (tertiary/aromatic N) is 1. The lowest BCUT2D eigenvalue weighted by atomic mass is 9.87. The van der Waals surface area contributed by atoms with E-state index in [0.717, 1.165) is 25.7 Å². The van der Waals surface area contributed by atoms with E-state index in [2.05, 4.69) is 10.5 Å². The zero-order valence-corrected chi connectivity index (χ0v) is 11.7. The molecule has 1 heterocycles. The van der Waals surface area contributed by atoms with E-state index in [4.69, 9.17) is 16.1 Å². The van der Waals surface area contributed by atoms with Crippen LogP contribution in [0.3, 0.4) is 0 Å². The van der Waals surface area contributed by atoms with Gasteiger partial charge in [-0.15, -0.1) is 0 Å². The van der Waals surface area contributed by atoms with E-state index in [1.165, 1.54) is 0 Å². The molecule has 1 saturated carbocycles. The second-order valence-corrected chi connectivity index (χ2v) is 5.53. The molecule has 5 nitrogen and oxygen atoms in total. The Morgan fingerprint density at radius 1 is 1.58 bits per heavy atom. The largest absolute Gasteiger partial charge is 0.393 e. The van der Waals surface area contributed by atoms with Crippen LogP contribution in [0.15, 0.2) is 4.52 Å². The van der Waals surface area contributed by atoms with E-state index < -0.39 is 0 Å². The summed E-state index contributed by atoms with van der Waals surface area (Å²) in [4.78, 5) is 11.8. The second kappa shape index (κ2) is 6.39. The Bertz CT molecular complexity index is 428. The summed E-state index contributed by atoms with van der Waals surface area (Å²) in [5, 5.41) is 16.4. The van der Waals surface area contributed by atoms with Crippen molar-refractivity contribution in [3.8, 4) is 0 Å². The van der Waals surface area contributed by atoms with Gasteiger partial charge >= 0.3 is 0 Å². The summed E-state index contributed by atoms with van der Waals surface area (Å²) in [7, 11) is 0. The van der Waals surface area contributed by atoms with Gasteiger partial charge in [0.05, 0.1) is 18.2 Å². The topological polar surface area (TPSA) is 75.4 Å². The lowest BCUT2D eigenvalue weighted by molar-refractivity contribution is -0.120. The van der Waals surface area contributed by atoms with E-state index in [0.29, 0.717) is 23.7 Å². The van der Waals surface area contributed by atoms with Crippen molar-refractivity contribution < 1.29 is 14.4 Å². The third kappa shape index (κ3) is 3.94. The van der Waals surface area contributed by atoms with Crippen molar-refractivity contribution >= 4 is 17.5 Å². The van der Waals surface area contributed by atoms with Crippen molar-refractivity contribution in [1.82, 2.24) is 10.5 Å². The average Bonchev–Trinajstić information content (AvgIpc) is 2.68. The Morgan fingerprint density at radius 3 is 3.00 bits per heavy atom. The minimum atomic E-state index is -0.217. The number of aliphatic hydroxyl groups excluding tert-OH is 1. The maximum atomic E-state index is 11.8. The zero-order valence-electron chi connectivity index (χ0n) is 11.0. The van der Waals surface area contributed by atoms with E-state index in [9.17, 15) is 9.90 Å². The Balaban J connectivity index is 1.79. The van der Waals surface area contributed by atoms with Crippen LogP contribution in [0, 0.1) is 12.8 Å². The number of aryl methyl sites for hydroxylation is 1. The van der Waals surface area contributed by atoms with Gasteiger partial charge in [-0.05, 0) is 43.7 Å². The molecule has 0 radical (unpaired) electrons. The molecule has 6 heteroatoms. The normalized spacial score (nSPS) is 23.3. The summed E-state index contributed by atoms with van der Waals surface area (Å²) in [5.74, 6) is 0.278. The third-order valence-electron chi connectivity index (χ3n) is 3.62. The molecular formula is C13H19ClN2O3. The van der Waals surface area contributed by atoms with Crippen LogP contribution in [0.1, 0.15) is 36.9 Å². The first kappa shape index (κ1) is 14.3. The molecule has 1 amide bonds. The first-order valence-electron chi connectivity index (χ1n) is 6.61. The van der Waals surface area contributed by atoms with Crippen molar-refractivity contribution in [2.45, 2.75) is 45.1 Å². The molecule has 0 spiro atoms. The number of halogens is 1. The summed E-state index contributed by atoms with van der Waals surface area (Å²) in [6.07, 6.45) is 3.70. The number of hydrogen-bond acceptors (Lipinski definition) is 4. The standard InChI is InChI=1S/C13H19ClN2O3/c1-8-11(13(14)19-16-8)6-12(18)15-7-9-3-2-4-10(17)5-9/h9-10,17H,2-7H2,1H3,(H,15,18). The van der Waals surface area contributed by atoms with Gasteiger partial charge in [-0.3, -0.25) is 4.79 Å². The summed E-state index contributed by atoms with van der Waals surface area (Å²) >= 11 is 5.81. The molecule has 0 saturated heterocycles. The van der Waals surface area contributed by atoms with Crippen molar-refractivity contribution in [3.63, 3.8) is 0 Å². The van der Waals surface area contributed by atoms with Crippen LogP contribution in [-0.4, -0.2) is 28.8 Å². The molecule has 1 aromatic rings. The molecule has 106 valence electrons. The predicted octanol–water partition coefficient (Wildman–Crippen LogP) is 1.85. The molecule has 0 bridgehead atoms. The Morgan fingerprint density at radius 2 is 2.37 bits per heavy atom. The monoisotopic (exact) mass is 286 g/mol. The van der Waals surface area contributed by atoms with Gasteiger partial charge in [-0.1, -0.05) is 11.6 Å². The molecule has 2 atom stereocenters. The molecule has 1 fully saturated rings. The van der Waals surface area contributed by atoms with Gasteiger partial charge in [0.25, 0.3) is 0 Å². The van der Waals surface area contributed by atoms with E-state index in [-0.39, 0.29) is 23.7 Å². The SMILES string of the molecule is Cc1noc(Cl)c1CC(=O)NCC1CCCC(O)C1. The van der Waals surface area contributed by atoms with Gasteiger partial charge in [0.15, 0.2) is 0 Å². The molecule has 2 rings (SSSR count). The quantitative estimate of drug-likeness (QED) is 0.886. The van der Waals surface area contributed by atoms with E-state index in [1.807, 2.05) is 0 Å². The molecule has 1 aromatic heterocycles. The lowest BCUT2D eigenvalue weighted by Gasteiger charge is -2.25. The van der Waals surface area contributed by atoms with Crippen LogP contribution in [0.4, 0.5) is 0 Å². The fourth-order valence-corrected chi connectivity index (χ4v) is 2.73. The highest BCUT2D eigenvalue weighted by molar-refractivity contribution is 6.29. The number of hydrogen-bond donors (Lipinski definition) is 2. The Hall–Kier alpha value is -1.07. The maximum absolute atomic E-state index is 11.8. The van der Waals surface area contributed by atoms with E-state index in [1.54, 1.807) is 6.92 Å². The van der Waals surface area contributed by atoms with Crippen molar-refractivity contribution in [3.05, 3.63) is 16.5 Å². The van der Waals surface area contributed by atoms with Crippen LogP contribution in [0.2, 0.25) is 5.22 Å². The minimum absolute atomic E-state index is 0.0896. The molecule has 1 aliphatic carbocycles. The predicted molar refractivity (Wildman–Crippen MR) is 70.9 cm³/mol. The van der Waals surface area contributed by atoms with Crippen LogP contribution in [0.5, 0.6) is 0 Å². The molecular weight excluding hydrogens is 268 g/mol.